The number of carbonyl (C=O) groups excluding carboxylic acids is 1. The summed E-state index contributed by atoms with van der Waals surface area (Å²) in [4.78, 5) is 11.6. The van der Waals surface area contributed by atoms with Crippen LogP contribution in [0.15, 0.2) is 18.2 Å². The molecule has 0 saturated carbocycles. The lowest BCUT2D eigenvalue weighted by atomic mass is 10.0. The Morgan fingerprint density at radius 3 is 2.74 bits per heavy atom. The van der Waals surface area contributed by atoms with E-state index in [1.807, 2.05) is 0 Å². The Hall–Kier alpha value is -0.970. The standard InChI is InChI=1S/C13H16Cl2N2O2/c14-10-4-11(15)6-12(5-10)17-13(18)19-8-9-2-1-3-16-7-9/h4-6,9,16H,1-3,7-8H2,(H,17,18). The van der Waals surface area contributed by atoms with Gasteiger partial charge in [0.05, 0.1) is 6.61 Å². The van der Waals surface area contributed by atoms with Crippen LogP contribution in [-0.4, -0.2) is 25.8 Å². The summed E-state index contributed by atoms with van der Waals surface area (Å²) >= 11 is 11.7. The SMILES string of the molecule is O=C(Nc1cc(Cl)cc(Cl)c1)OCC1CCCNC1. The predicted octanol–water partition coefficient (Wildman–Crippen LogP) is 3.54. The lowest BCUT2D eigenvalue weighted by Crippen LogP contribution is -2.33. The van der Waals surface area contributed by atoms with Crippen LogP contribution in [0.3, 0.4) is 0 Å². The third kappa shape index (κ3) is 4.90. The highest BCUT2D eigenvalue weighted by molar-refractivity contribution is 6.35. The van der Waals surface area contributed by atoms with Crippen molar-refractivity contribution in [3.63, 3.8) is 0 Å². The Labute approximate surface area is 122 Å². The van der Waals surface area contributed by atoms with Crippen molar-refractivity contribution < 1.29 is 9.53 Å². The van der Waals surface area contributed by atoms with Gasteiger partial charge in [-0.25, -0.2) is 4.79 Å². The van der Waals surface area contributed by atoms with Gasteiger partial charge in [0.15, 0.2) is 0 Å². The number of ether oxygens (including phenoxy) is 1. The Morgan fingerprint density at radius 2 is 2.11 bits per heavy atom. The average Bonchev–Trinajstić information content (AvgIpc) is 2.36. The zero-order valence-electron chi connectivity index (χ0n) is 10.4. The quantitative estimate of drug-likeness (QED) is 0.898. The topological polar surface area (TPSA) is 50.4 Å². The number of amides is 1. The summed E-state index contributed by atoms with van der Waals surface area (Å²) in [6.07, 6.45) is 1.73. The molecule has 1 heterocycles. The molecular weight excluding hydrogens is 287 g/mol. The molecule has 4 nitrogen and oxygen atoms in total. The fourth-order valence-electron chi connectivity index (χ4n) is 2.04. The van der Waals surface area contributed by atoms with Crippen molar-refractivity contribution in [1.29, 1.82) is 0 Å². The molecule has 0 bridgehead atoms. The molecule has 1 aromatic rings. The van der Waals surface area contributed by atoms with Crippen LogP contribution in [0.4, 0.5) is 10.5 Å². The second-order valence-corrected chi connectivity index (χ2v) is 5.47. The van der Waals surface area contributed by atoms with Crippen molar-refractivity contribution in [1.82, 2.24) is 5.32 Å². The van der Waals surface area contributed by atoms with Crippen LogP contribution in [0.1, 0.15) is 12.8 Å². The van der Waals surface area contributed by atoms with Gasteiger partial charge in [-0.3, -0.25) is 5.32 Å². The van der Waals surface area contributed by atoms with E-state index in [9.17, 15) is 4.79 Å². The van der Waals surface area contributed by atoms with E-state index in [2.05, 4.69) is 10.6 Å². The van der Waals surface area contributed by atoms with Crippen LogP contribution in [0.2, 0.25) is 10.0 Å². The number of carbonyl (C=O) groups is 1. The number of nitrogens with one attached hydrogen (secondary N) is 2. The van der Waals surface area contributed by atoms with E-state index in [0.717, 1.165) is 25.9 Å². The van der Waals surface area contributed by atoms with Crippen molar-refractivity contribution in [2.75, 3.05) is 25.0 Å². The van der Waals surface area contributed by atoms with Gasteiger partial charge < -0.3 is 10.1 Å². The Balaban J connectivity index is 1.80. The number of hydrogen-bond donors (Lipinski definition) is 2. The predicted molar refractivity (Wildman–Crippen MR) is 77.0 cm³/mol. The van der Waals surface area contributed by atoms with E-state index < -0.39 is 6.09 Å². The fourth-order valence-corrected chi connectivity index (χ4v) is 2.57. The lowest BCUT2D eigenvalue weighted by molar-refractivity contribution is 0.132. The van der Waals surface area contributed by atoms with Gasteiger partial charge >= 0.3 is 6.09 Å². The third-order valence-corrected chi connectivity index (χ3v) is 3.39. The van der Waals surface area contributed by atoms with Gasteiger partial charge in [0.1, 0.15) is 0 Å². The Morgan fingerprint density at radius 1 is 1.37 bits per heavy atom. The molecule has 0 aromatic heterocycles. The van der Waals surface area contributed by atoms with Crippen molar-refractivity contribution in [2.24, 2.45) is 5.92 Å². The molecule has 0 aliphatic carbocycles. The number of piperidine rings is 1. The van der Waals surface area contributed by atoms with Crippen LogP contribution < -0.4 is 10.6 Å². The molecule has 19 heavy (non-hydrogen) atoms. The van der Waals surface area contributed by atoms with Gasteiger partial charge in [-0.2, -0.15) is 0 Å². The van der Waals surface area contributed by atoms with Gasteiger partial charge in [-0.05, 0) is 37.6 Å². The van der Waals surface area contributed by atoms with E-state index >= 15 is 0 Å². The smallest absolute Gasteiger partial charge is 0.411 e. The maximum atomic E-state index is 11.6. The number of benzene rings is 1. The largest absolute Gasteiger partial charge is 0.449 e. The summed E-state index contributed by atoms with van der Waals surface area (Å²) in [5.74, 6) is 0.391. The van der Waals surface area contributed by atoms with Crippen LogP contribution in [0.5, 0.6) is 0 Å². The van der Waals surface area contributed by atoms with Crippen molar-refractivity contribution >= 4 is 35.0 Å². The number of halogens is 2. The van der Waals surface area contributed by atoms with E-state index in [1.165, 1.54) is 0 Å². The van der Waals surface area contributed by atoms with E-state index in [1.54, 1.807) is 18.2 Å². The lowest BCUT2D eigenvalue weighted by Gasteiger charge is -2.22. The summed E-state index contributed by atoms with van der Waals surface area (Å²) < 4.78 is 5.19. The molecule has 1 unspecified atom stereocenters. The minimum atomic E-state index is -0.482. The molecule has 1 aliphatic heterocycles. The van der Waals surface area contributed by atoms with Crippen LogP contribution >= 0.6 is 23.2 Å². The maximum Gasteiger partial charge on any atom is 0.411 e. The summed E-state index contributed by atoms with van der Waals surface area (Å²) in [6.45, 7) is 2.37. The molecule has 1 aliphatic rings. The maximum absolute atomic E-state index is 11.6. The molecule has 2 rings (SSSR count). The summed E-state index contributed by atoms with van der Waals surface area (Å²) in [5.41, 5.74) is 0.532. The minimum absolute atomic E-state index is 0.391. The molecule has 1 aromatic carbocycles. The zero-order valence-corrected chi connectivity index (χ0v) is 11.9. The van der Waals surface area contributed by atoms with E-state index in [-0.39, 0.29) is 0 Å². The first-order valence-electron chi connectivity index (χ1n) is 6.24. The van der Waals surface area contributed by atoms with E-state index in [4.69, 9.17) is 27.9 Å². The summed E-state index contributed by atoms with van der Waals surface area (Å²) in [6, 6.07) is 4.85. The van der Waals surface area contributed by atoms with Crippen molar-refractivity contribution in [2.45, 2.75) is 12.8 Å². The molecule has 1 saturated heterocycles. The first-order chi connectivity index (χ1) is 9.13. The van der Waals surface area contributed by atoms with Gasteiger partial charge in [-0.1, -0.05) is 23.2 Å². The second kappa shape index (κ2) is 6.98. The van der Waals surface area contributed by atoms with E-state index in [0.29, 0.717) is 28.3 Å². The summed E-state index contributed by atoms with van der Waals surface area (Å²) in [5, 5.41) is 6.83. The molecule has 0 spiro atoms. The molecule has 1 atom stereocenters. The highest BCUT2D eigenvalue weighted by Crippen LogP contribution is 2.22. The van der Waals surface area contributed by atoms with Crippen LogP contribution in [0.25, 0.3) is 0 Å². The number of rotatable bonds is 3. The highest BCUT2D eigenvalue weighted by Gasteiger charge is 2.15. The van der Waals surface area contributed by atoms with Gasteiger partial charge in [0.25, 0.3) is 0 Å². The first kappa shape index (κ1) is 14.4. The Bertz CT molecular complexity index is 428. The molecule has 1 fully saturated rings. The Kier molecular flexibility index (Phi) is 5.31. The van der Waals surface area contributed by atoms with Crippen molar-refractivity contribution in [3.8, 4) is 0 Å². The number of anilines is 1. The minimum Gasteiger partial charge on any atom is -0.449 e. The monoisotopic (exact) mass is 302 g/mol. The highest BCUT2D eigenvalue weighted by atomic mass is 35.5. The van der Waals surface area contributed by atoms with Gasteiger partial charge in [0, 0.05) is 28.2 Å². The third-order valence-electron chi connectivity index (χ3n) is 2.96. The van der Waals surface area contributed by atoms with Crippen LogP contribution in [0, 0.1) is 5.92 Å². The molecule has 0 radical (unpaired) electrons. The van der Waals surface area contributed by atoms with Crippen LogP contribution in [-0.2, 0) is 4.74 Å². The van der Waals surface area contributed by atoms with Crippen molar-refractivity contribution in [3.05, 3.63) is 28.2 Å². The zero-order chi connectivity index (χ0) is 13.7. The summed E-state index contributed by atoms with van der Waals surface area (Å²) in [7, 11) is 0. The second-order valence-electron chi connectivity index (χ2n) is 4.59. The van der Waals surface area contributed by atoms with Gasteiger partial charge in [-0.15, -0.1) is 0 Å². The van der Waals surface area contributed by atoms with Gasteiger partial charge in [0.2, 0.25) is 0 Å². The molecular formula is C13H16Cl2N2O2. The normalized spacial score (nSPS) is 18.9. The first-order valence-corrected chi connectivity index (χ1v) is 6.99. The fraction of sp³-hybridized carbons (Fsp3) is 0.462. The number of hydrogen-bond acceptors (Lipinski definition) is 3. The molecule has 6 heteroatoms. The molecule has 104 valence electrons. The molecule has 1 amide bonds. The average molecular weight is 303 g/mol. The molecule has 2 N–H and O–H groups in total.